The summed E-state index contributed by atoms with van der Waals surface area (Å²) in [7, 11) is -10.4. The monoisotopic (exact) mass is 1000 g/mol. The molecule has 2 heterocycles. The number of allylic oxidation sites excluding steroid dienone is 4. The summed E-state index contributed by atoms with van der Waals surface area (Å²) in [5.74, 6) is -2.82. The van der Waals surface area contributed by atoms with E-state index in [1.165, 1.54) is 31.2 Å². The molecule has 1 aliphatic heterocycles. The zero-order valence-electron chi connectivity index (χ0n) is 31.8. The molecule has 30 heteroatoms. The maximum atomic E-state index is 13.6. The Balaban J connectivity index is 0.00000841. The van der Waals surface area contributed by atoms with Gasteiger partial charge < -0.3 is 29.5 Å². The minimum atomic E-state index is -5.20. The van der Waals surface area contributed by atoms with Gasteiger partial charge in [-0.15, -0.1) is 0 Å². The number of benzene rings is 2. The molecule has 1 aliphatic rings. The van der Waals surface area contributed by atoms with Crippen molar-refractivity contribution in [1.29, 1.82) is 0 Å². The van der Waals surface area contributed by atoms with Crippen molar-refractivity contribution in [3.8, 4) is 11.6 Å². The van der Waals surface area contributed by atoms with Gasteiger partial charge in [0.15, 0.2) is 5.69 Å². The van der Waals surface area contributed by atoms with Crippen molar-refractivity contribution in [3.63, 3.8) is 0 Å². The number of aromatic nitrogens is 2. The molecule has 0 unspecified atom stereocenters. The third kappa shape index (κ3) is 17.3. The number of esters is 1. The second kappa shape index (κ2) is 29.6. The molecule has 2 aromatic carbocycles. The van der Waals surface area contributed by atoms with E-state index in [9.17, 15) is 51.2 Å². The Kier molecular flexibility index (Phi) is 30.6. The van der Waals surface area contributed by atoms with Crippen molar-refractivity contribution in [2.75, 3.05) is 24.8 Å². The minimum absolute atomic E-state index is 0. The molecule has 0 fully saturated rings. The van der Waals surface area contributed by atoms with Crippen molar-refractivity contribution in [2.24, 2.45) is 5.10 Å². The van der Waals surface area contributed by atoms with Gasteiger partial charge in [-0.3, -0.25) is 14.9 Å². The smallest absolute Gasteiger partial charge is 0.744 e. The van der Waals surface area contributed by atoms with E-state index >= 15 is 0 Å². The largest absolute Gasteiger partial charge is 1.00 e. The first-order chi connectivity index (χ1) is 26.2. The molecule has 3 aromatic rings. The third-order valence-electron chi connectivity index (χ3n) is 6.64. The van der Waals surface area contributed by atoms with Crippen LogP contribution in [-0.2, 0) is 58.3 Å². The Bertz CT molecular complexity index is 2280. The number of hydrogen-bond acceptors (Lipinski definition) is 22. The molecule has 59 heavy (non-hydrogen) atoms. The fraction of sp³-hybridized carbons (Fsp3) is 0.172. The van der Waals surface area contributed by atoms with Crippen LogP contribution in [0.4, 0.5) is 5.69 Å². The van der Waals surface area contributed by atoms with Crippen LogP contribution in [0.5, 0.6) is 5.88 Å². The Morgan fingerprint density at radius 3 is 1.92 bits per heavy atom. The van der Waals surface area contributed by atoms with Gasteiger partial charge in [0.05, 0.1) is 69.6 Å². The number of hydrazone groups is 1. The molecule has 22 nitrogen and oxygen atoms in total. The Morgan fingerprint density at radius 2 is 1.39 bits per heavy atom. The number of hydrogen-bond donors (Lipinski definition) is 1. The molecule has 1 aromatic heterocycles. The molecule has 0 aliphatic carbocycles. The molecule has 0 atom stereocenters. The number of carbonyl (C=O) groups is 2. The van der Waals surface area contributed by atoms with Gasteiger partial charge in [0, 0.05) is 9.79 Å². The Labute approximate surface area is 515 Å². The van der Waals surface area contributed by atoms with Crippen LogP contribution in [0.3, 0.4) is 0 Å². The number of rotatable bonds is 19. The van der Waals surface area contributed by atoms with Crippen molar-refractivity contribution >= 4 is 73.7 Å². The van der Waals surface area contributed by atoms with Crippen molar-refractivity contribution in [3.05, 3.63) is 77.5 Å². The van der Waals surface area contributed by atoms with Crippen LogP contribution in [0.2, 0.25) is 0 Å². The molecule has 1 N–H and O–H groups in total. The second-order valence-electron chi connectivity index (χ2n) is 9.98. The molecule has 0 saturated carbocycles. The van der Waals surface area contributed by atoms with Crippen molar-refractivity contribution in [2.45, 2.75) is 33.4 Å². The minimum Gasteiger partial charge on any atom is -0.744 e. The molecule has 0 spiro atoms. The zero-order valence-corrected chi connectivity index (χ0v) is 47.5. The molecular formula is C29H24K4N4O18S4. The van der Waals surface area contributed by atoms with Gasteiger partial charge in [0.25, 0.3) is 5.91 Å². The van der Waals surface area contributed by atoms with Gasteiger partial charge in [-0.25, -0.2) is 31.4 Å². The molecule has 0 saturated heterocycles. The zero-order chi connectivity index (χ0) is 40.3. The molecule has 4 rings (SSSR count). The van der Waals surface area contributed by atoms with Gasteiger partial charge in [0.1, 0.15) is 32.6 Å². The number of ether oxygens (including phenoxy) is 1. The first-order valence-electron chi connectivity index (χ1n) is 14.8. The number of carbonyl (C=O) groups excluding carboxylic acids is 2. The van der Waals surface area contributed by atoms with Gasteiger partial charge >= 0.3 is 212 Å². The summed E-state index contributed by atoms with van der Waals surface area (Å²) in [4.78, 5) is 34.7. The van der Waals surface area contributed by atoms with E-state index in [1.54, 1.807) is 6.92 Å². The van der Waals surface area contributed by atoms with E-state index < -0.39 is 71.5 Å². The number of anilines is 1. The van der Waals surface area contributed by atoms with Crippen molar-refractivity contribution < 1.29 is 290 Å². The molecule has 296 valence electrons. The average molecular weight is 1000 g/mol. The molecular weight excluding hydrogens is 977 g/mol. The maximum Gasteiger partial charge on any atom is 1.00 e. The third-order valence-corrected chi connectivity index (χ3v) is 9.54. The SMILES string of the molecule is CCOOCC1=NN(c2cc(SOO[O-])ccc2S(=O)(=O)[O-])C(=O)\C1=C/C=C/C=C/c1c(C(=O)OCC)nn(-c2cc(SOO[O-])ccc2S(=O)(=O)[O-])c1O.[K+].[K+].[K+].[K+]. The van der Waals surface area contributed by atoms with Crippen molar-refractivity contribution in [1.82, 2.24) is 9.78 Å². The first kappa shape index (κ1) is 61.0. The first-order valence-corrected chi connectivity index (χ1v) is 19.1. The average Bonchev–Trinajstić information content (AvgIpc) is 3.63. The van der Waals surface area contributed by atoms with Crippen LogP contribution < -0.4 is 221 Å². The summed E-state index contributed by atoms with van der Waals surface area (Å²) >= 11 is 0.684. The van der Waals surface area contributed by atoms with E-state index in [2.05, 4.69) is 28.9 Å². The summed E-state index contributed by atoms with van der Waals surface area (Å²) in [6.45, 7) is 2.64. The van der Waals surface area contributed by atoms with Crippen LogP contribution in [0.1, 0.15) is 29.9 Å². The van der Waals surface area contributed by atoms with Crippen LogP contribution in [-0.4, -0.2) is 78.2 Å². The number of amides is 1. The summed E-state index contributed by atoms with van der Waals surface area (Å²) in [5.41, 5.74) is -2.12. The molecule has 0 bridgehead atoms. The fourth-order valence-electron chi connectivity index (χ4n) is 4.49. The van der Waals surface area contributed by atoms with Gasteiger partial charge in [0.2, 0.25) is 5.88 Å². The standard InChI is InChI=1S/C29H28N4O18S4.4K/c1-3-45-29(36)26-20(28(35)33(31-26)23-15-18(53-51-49-38)11-13-25(23)55(42,43)44)9-7-5-6-8-19-21(16-47-46-4-2)30-32(27(19)34)22-14-17(52-50-48-37)10-12-24(22)54(39,40)41;;;;/h5-15,35,37-38H,3-4,16H2,1-2H3,(H,39,40,41)(H,42,43,44);;;;/q;4*+1/p-4/b6-5+,9-7+,19-8-;;;;. The number of nitrogens with zero attached hydrogens (tertiary/aromatic N) is 4. The summed E-state index contributed by atoms with van der Waals surface area (Å²) < 4.78 is 86.4. The maximum absolute atomic E-state index is 13.6. The van der Waals surface area contributed by atoms with E-state index in [-0.39, 0.29) is 245 Å². The van der Waals surface area contributed by atoms with Gasteiger partial charge in [-0.1, -0.05) is 18.2 Å². The predicted molar refractivity (Wildman–Crippen MR) is 178 cm³/mol. The molecule has 1 amide bonds. The fourth-order valence-corrected chi connectivity index (χ4v) is 6.55. The summed E-state index contributed by atoms with van der Waals surface area (Å²) in [6, 6.07) is 5.97. The van der Waals surface area contributed by atoms with E-state index in [1.807, 2.05) is 0 Å². The predicted octanol–water partition coefficient (Wildman–Crippen LogP) is -11.1. The van der Waals surface area contributed by atoms with Crippen LogP contribution in [0, 0.1) is 0 Å². The Morgan fingerprint density at radius 1 is 0.831 bits per heavy atom. The van der Waals surface area contributed by atoms with E-state index in [4.69, 9.17) is 14.5 Å². The second-order valence-corrected chi connectivity index (χ2v) is 14.2. The quantitative estimate of drug-likeness (QED) is 0.0134. The number of aromatic hydroxyl groups is 1. The summed E-state index contributed by atoms with van der Waals surface area (Å²) in [5, 5.41) is 47.0. The Hall–Kier alpha value is 2.03. The van der Waals surface area contributed by atoms with Crippen LogP contribution in [0.15, 0.2) is 91.0 Å². The van der Waals surface area contributed by atoms with E-state index in [0.29, 0.717) is 33.8 Å². The normalized spacial score (nSPS) is 13.5. The van der Waals surface area contributed by atoms with Crippen LogP contribution in [0.25, 0.3) is 11.8 Å². The van der Waals surface area contributed by atoms with Crippen LogP contribution >= 0.6 is 24.1 Å². The van der Waals surface area contributed by atoms with E-state index in [0.717, 1.165) is 42.5 Å². The molecule has 0 radical (unpaired) electrons. The summed E-state index contributed by atoms with van der Waals surface area (Å²) in [6.07, 6.45) is 6.20. The topological polar surface area (TPSA) is 313 Å². The van der Waals surface area contributed by atoms with Gasteiger partial charge in [-0.2, -0.15) is 28.6 Å². The van der Waals surface area contributed by atoms with Gasteiger partial charge in [-0.05, 0) is 62.4 Å².